The van der Waals surface area contributed by atoms with Crippen molar-refractivity contribution >= 4 is 21.6 Å². The maximum absolute atomic E-state index is 13.3. The van der Waals surface area contributed by atoms with Crippen LogP contribution in [0.1, 0.15) is 32.1 Å². The Bertz CT molecular complexity index is 1000. The number of nitrogens with one attached hydrogen (secondary N) is 1. The van der Waals surface area contributed by atoms with Crippen molar-refractivity contribution in [1.82, 2.24) is 5.32 Å². The highest BCUT2D eigenvalue weighted by Gasteiger charge is 2.27. The van der Waals surface area contributed by atoms with Gasteiger partial charge in [0, 0.05) is 6.54 Å². The van der Waals surface area contributed by atoms with Crippen LogP contribution in [0.15, 0.2) is 65.1 Å². The van der Waals surface area contributed by atoms with E-state index >= 15 is 0 Å². The smallest absolute Gasteiger partial charge is 0.264 e. The summed E-state index contributed by atoms with van der Waals surface area (Å²) in [5.41, 5.74) is 1.45. The number of hydrogen-bond donors (Lipinski definition) is 1. The Kier molecular flexibility index (Phi) is 7.20. The number of anilines is 1. The molecule has 0 bridgehead atoms. The van der Waals surface area contributed by atoms with Gasteiger partial charge in [-0.3, -0.25) is 9.10 Å². The zero-order valence-electron chi connectivity index (χ0n) is 16.5. The molecule has 8 heteroatoms. The van der Waals surface area contributed by atoms with Gasteiger partial charge in [0.05, 0.1) is 10.6 Å². The van der Waals surface area contributed by atoms with Crippen molar-refractivity contribution in [3.05, 3.63) is 71.8 Å². The molecule has 0 saturated carbocycles. The summed E-state index contributed by atoms with van der Waals surface area (Å²) in [6, 6.07) is 9.16. The maximum atomic E-state index is 13.3. The number of rotatable bonds is 8. The third kappa shape index (κ3) is 5.66. The largest absolute Gasteiger partial charge is 0.354 e. The summed E-state index contributed by atoms with van der Waals surface area (Å²) >= 11 is 0. The number of nitrogens with zero attached hydrogens (tertiary/aromatic N) is 1. The Morgan fingerprint density at radius 3 is 2.20 bits per heavy atom. The lowest BCUT2D eigenvalue weighted by molar-refractivity contribution is -0.119. The fourth-order valence-corrected chi connectivity index (χ4v) is 4.76. The van der Waals surface area contributed by atoms with Gasteiger partial charge in [0.25, 0.3) is 10.0 Å². The van der Waals surface area contributed by atoms with Gasteiger partial charge in [-0.05, 0) is 80.6 Å². The molecule has 0 unspecified atom stereocenters. The van der Waals surface area contributed by atoms with E-state index in [4.69, 9.17) is 0 Å². The van der Waals surface area contributed by atoms with Gasteiger partial charge >= 0.3 is 0 Å². The monoisotopic (exact) mass is 434 g/mol. The Morgan fingerprint density at radius 1 is 0.967 bits per heavy atom. The van der Waals surface area contributed by atoms with E-state index in [0.29, 0.717) is 6.54 Å². The van der Waals surface area contributed by atoms with E-state index in [-0.39, 0.29) is 10.6 Å². The zero-order valence-corrected chi connectivity index (χ0v) is 17.3. The Hall–Kier alpha value is -2.74. The average molecular weight is 435 g/mol. The number of halogens is 2. The topological polar surface area (TPSA) is 66.5 Å². The number of allylic oxidation sites excluding steroid dienone is 1. The van der Waals surface area contributed by atoms with E-state index in [0.717, 1.165) is 66.4 Å². The van der Waals surface area contributed by atoms with E-state index in [1.165, 1.54) is 24.1 Å². The van der Waals surface area contributed by atoms with Gasteiger partial charge < -0.3 is 5.32 Å². The molecule has 0 aromatic heterocycles. The minimum atomic E-state index is -4.15. The third-order valence-electron chi connectivity index (χ3n) is 4.96. The lowest BCUT2D eigenvalue weighted by Gasteiger charge is -2.24. The van der Waals surface area contributed by atoms with Crippen molar-refractivity contribution < 1.29 is 22.0 Å². The Labute approximate surface area is 175 Å². The van der Waals surface area contributed by atoms with Crippen molar-refractivity contribution in [1.29, 1.82) is 0 Å². The summed E-state index contributed by atoms with van der Waals surface area (Å²) in [6.45, 7) is -0.0527. The lowest BCUT2D eigenvalue weighted by Crippen LogP contribution is -2.41. The molecule has 3 rings (SSSR count). The molecular formula is C22H24F2N2O3S. The molecule has 0 spiro atoms. The van der Waals surface area contributed by atoms with E-state index in [1.54, 1.807) is 0 Å². The predicted octanol–water partition coefficient (Wildman–Crippen LogP) is 4.17. The van der Waals surface area contributed by atoms with Gasteiger partial charge in [0.1, 0.15) is 18.2 Å². The maximum Gasteiger partial charge on any atom is 0.264 e. The first-order chi connectivity index (χ1) is 14.4. The molecule has 2 aromatic carbocycles. The van der Waals surface area contributed by atoms with Crippen molar-refractivity contribution in [2.24, 2.45) is 0 Å². The standard InChI is InChI=1S/C22H24F2N2O3S/c23-18-6-10-20(11-7-18)26(30(28,29)21-12-8-19(24)9-13-21)16-22(27)25-15-14-17-4-2-1-3-5-17/h4,6-13H,1-3,5,14-16H2,(H,25,27). The van der Waals surface area contributed by atoms with E-state index in [2.05, 4.69) is 11.4 Å². The molecule has 0 aliphatic heterocycles. The van der Waals surface area contributed by atoms with Crippen LogP contribution in [0.25, 0.3) is 0 Å². The van der Waals surface area contributed by atoms with Crippen LogP contribution < -0.4 is 9.62 Å². The van der Waals surface area contributed by atoms with E-state index < -0.39 is 34.1 Å². The summed E-state index contributed by atoms with van der Waals surface area (Å²) in [6.07, 6.45) is 7.33. The van der Waals surface area contributed by atoms with E-state index in [1.807, 2.05) is 0 Å². The first-order valence-corrected chi connectivity index (χ1v) is 11.3. The Morgan fingerprint density at radius 2 is 1.60 bits per heavy atom. The molecule has 1 aliphatic rings. The third-order valence-corrected chi connectivity index (χ3v) is 6.74. The van der Waals surface area contributed by atoms with Crippen LogP contribution in [-0.4, -0.2) is 27.4 Å². The van der Waals surface area contributed by atoms with Crippen molar-refractivity contribution in [2.75, 3.05) is 17.4 Å². The molecule has 30 heavy (non-hydrogen) atoms. The number of hydrogen-bond acceptors (Lipinski definition) is 3. The highest BCUT2D eigenvalue weighted by Crippen LogP contribution is 2.24. The minimum Gasteiger partial charge on any atom is -0.354 e. The minimum absolute atomic E-state index is 0.144. The first-order valence-electron chi connectivity index (χ1n) is 9.85. The van der Waals surface area contributed by atoms with Crippen molar-refractivity contribution in [3.63, 3.8) is 0 Å². The molecule has 5 nitrogen and oxygen atoms in total. The highest BCUT2D eigenvalue weighted by molar-refractivity contribution is 7.92. The molecule has 1 amide bonds. The molecule has 160 valence electrons. The summed E-state index contributed by atoms with van der Waals surface area (Å²) in [5.74, 6) is -1.57. The summed E-state index contributed by atoms with van der Waals surface area (Å²) < 4.78 is 53.7. The molecular weight excluding hydrogens is 410 g/mol. The number of carbonyl (C=O) groups excluding carboxylic acids is 1. The Balaban J connectivity index is 1.75. The molecule has 0 fully saturated rings. The van der Waals surface area contributed by atoms with Crippen LogP contribution in [0.3, 0.4) is 0 Å². The van der Waals surface area contributed by atoms with Gasteiger partial charge in [-0.25, -0.2) is 17.2 Å². The average Bonchev–Trinajstić information content (AvgIpc) is 2.74. The van der Waals surface area contributed by atoms with Gasteiger partial charge in [0.2, 0.25) is 5.91 Å². The lowest BCUT2D eigenvalue weighted by atomic mass is 9.97. The van der Waals surface area contributed by atoms with Crippen LogP contribution in [0.4, 0.5) is 14.5 Å². The van der Waals surface area contributed by atoms with Gasteiger partial charge in [-0.15, -0.1) is 0 Å². The summed E-state index contributed by atoms with van der Waals surface area (Å²) in [7, 11) is -4.15. The number of carbonyl (C=O) groups is 1. The summed E-state index contributed by atoms with van der Waals surface area (Å²) in [4.78, 5) is 12.3. The van der Waals surface area contributed by atoms with Gasteiger partial charge in [-0.2, -0.15) is 0 Å². The molecule has 0 saturated heterocycles. The first kappa shape index (κ1) is 22.0. The van der Waals surface area contributed by atoms with Gasteiger partial charge in [0.15, 0.2) is 0 Å². The van der Waals surface area contributed by atoms with Crippen molar-refractivity contribution in [3.8, 4) is 0 Å². The number of amides is 1. The zero-order chi connectivity index (χ0) is 21.6. The molecule has 0 radical (unpaired) electrons. The van der Waals surface area contributed by atoms with Crippen LogP contribution in [0.2, 0.25) is 0 Å². The van der Waals surface area contributed by atoms with E-state index in [9.17, 15) is 22.0 Å². The fourth-order valence-electron chi connectivity index (χ4n) is 3.34. The number of benzene rings is 2. The molecule has 1 N–H and O–H groups in total. The highest BCUT2D eigenvalue weighted by atomic mass is 32.2. The normalized spacial score (nSPS) is 14.1. The number of sulfonamides is 1. The quantitative estimate of drug-likeness (QED) is 0.635. The molecule has 2 aromatic rings. The second-order valence-corrected chi connectivity index (χ2v) is 9.01. The second kappa shape index (κ2) is 9.84. The SMILES string of the molecule is O=C(CN(c1ccc(F)cc1)S(=O)(=O)c1ccc(F)cc1)NCCC1=CCCCC1. The summed E-state index contributed by atoms with van der Waals surface area (Å²) in [5, 5.41) is 2.75. The van der Waals surface area contributed by atoms with Crippen LogP contribution in [-0.2, 0) is 14.8 Å². The van der Waals surface area contributed by atoms with Crippen LogP contribution in [0, 0.1) is 11.6 Å². The predicted molar refractivity (Wildman–Crippen MR) is 112 cm³/mol. The molecule has 0 heterocycles. The molecule has 0 atom stereocenters. The van der Waals surface area contributed by atoms with Crippen molar-refractivity contribution in [2.45, 2.75) is 37.0 Å². The van der Waals surface area contributed by atoms with Gasteiger partial charge in [-0.1, -0.05) is 11.6 Å². The fraction of sp³-hybridized carbons (Fsp3) is 0.318. The second-order valence-electron chi connectivity index (χ2n) is 7.15. The van der Waals surface area contributed by atoms with Crippen LogP contribution >= 0.6 is 0 Å². The van der Waals surface area contributed by atoms with Crippen LogP contribution in [0.5, 0.6) is 0 Å². The molecule has 1 aliphatic carbocycles.